The van der Waals surface area contributed by atoms with Gasteiger partial charge < -0.3 is 10.5 Å². The van der Waals surface area contributed by atoms with Gasteiger partial charge in [0.05, 0.1) is 0 Å². The average Bonchev–Trinajstić information content (AvgIpc) is 2.22. The summed E-state index contributed by atoms with van der Waals surface area (Å²) in [6.45, 7) is 1.97. The summed E-state index contributed by atoms with van der Waals surface area (Å²) in [5, 5.41) is 0.198. The molecular formula is C11H12F3NOS. The Labute approximate surface area is 101 Å². The van der Waals surface area contributed by atoms with E-state index >= 15 is 0 Å². The molecule has 2 atom stereocenters. The van der Waals surface area contributed by atoms with Gasteiger partial charge in [0, 0.05) is 17.0 Å². The van der Waals surface area contributed by atoms with Crippen LogP contribution in [0.2, 0.25) is 0 Å². The molecule has 6 heteroatoms. The molecule has 0 fully saturated rings. The van der Waals surface area contributed by atoms with Crippen LogP contribution in [0.5, 0.6) is 5.75 Å². The Morgan fingerprint density at radius 2 is 2.12 bits per heavy atom. The lowest BCUT2D eigenvalue weighted by molar-refractivity contribution is -0.274. The van der Waals surface area contributed by atoms with Gasteiger partial charge in [0.25, 0.3) is 0 Å². The third kappa shape index (κ3) is 2.87. The van der Waals surface area contributed by atoms with Crippen molar-refractivity contribution < 1.29 is 17.9 Å². The highest BCUT2D eigenvalue weighted by Gasteiger charge is 2.32. The number of hydrogen-bond acceptors (Lipinski definition) is 3. The molecule has 2 nitrogen and oxygen atoms in total. The van der Waals surface area contributed by atoms with Gasteiger partial charge in [-0.15, -0.1) is 13.2 Å². The third-order valence-electron chi connectivity index (χ3n) is 2.72. The van der Waals surface area contributed by atoms with Crippen LogP contribution in [0, 0.1) is 0 Å². The molecule has 0 aliphatic carbocycles. The second kappa shape index (κ2) is 4.42. The van der Waals surface area contributed by atoms with Crippen molar-refractivity contribution in [3.8, 4) is 5.75 Å². The van der Waals surface area contributed by atoms with E-state index in [1.807, 2.05) is 6.92 Å². The number of nitrogens with two attached hydrogens (primary N) is 1. The highest BCUT2D eigenvalue weighted by molar-refractivity contribution is 7.99. The number of thioether (sulfide) groups is 1. The Hall–Kier alpha value is -0.880. The predicted octanol–water partition coefficient (Wildman–Crippen LogP) is 3.22. The number of hydrogen-bond donors (Lipinski definition) is 1. The molecule has 1 heterocycles. The quantitative estimate of drug-likeness (QED) is 0.845. The van der Waals surface area contributed by atoms with Crippen LogP contribution in [0.3, 0.4) is 0 Å². The molecule has 0 amide bonds. The van der Waals surface area contributed by atoms with Gasteiger partial charge in [-0.1, -0.05) is 13.0 Å². The summed E-state index contributed by atoms with van der Waals surface area (Å²) >= 11 is 1.70. The fourth-order valence-electron chi connectivity index (χ4n) is 1.79. The Morgan fingerprint density at radius 3 is 2.76 bits per heavy atom. The summed E-state index contributed by atoms with van der Waals surface area (Å²) < 4.78 is 40.2. The van der Waals surface area contributed by atoms with E-state index < -0.39 is 6.36 Å². The van der Waals surface area contributed by atoms with Crippen molar-refractivity contribution in [3.05, 3.63) is 29.3 Å². The largest absolute Gasteiger partial charge is 0.573 e. The van der Waals surface area contributed by atoms with Crippen LogP contribution in [0.15, 0.2) is 18.2 Å². The summed E-state index contributed by atoms with van der Waals surface area (Å²) in [5.41, 5.74) is 7.69. The molecule has 1 aliphatic rings. The van der Waals surface area contributed by atoms with E-state index in [1.54, 1.807) is 17.8 Å². The number of halogens is 3. The van der Waals surface area contributed by atoms with E-state index in [-0.39, 0.29) is 17.0 Å². The van der Waals surface area contributed by atoms with E-state index in [0.717, 1.165) is 16.9 Å². The molecule has 2 rings (SSSR count). The summed E-state index contributed by atoms with van der Waals surface area (Å²) in [5.74, 6) is 0.571. The first-order valence-electron chi connectivity index (χ1n) is 5.12. The standard InChI is InChI=1S/C11H12F3NOS/c1-6-10(15)9-4-8(16-11(12,13)14)3-2-7(9)5-17-6/h2-4,6,10H,5,15H2,1H3. The molecule has 1 aliphatic heterocycles. The van der Waals surface area contributed by atoms with Gasteiger partial charge in [0.2, 0.25) is 0 Å². The fraction of sp³-hybridized carbons (Fsp3) is 0.455. The Bertz CT molecular complexity index is 422. The van der Waals surface area contributed by atoms with Gasteiger partial charge in [0.15, 0.2) is 0 Å². The van der Waals surface area contributed by atoms with Crippen molar-refractivity contribution in [3.63, 3.8) is 0 Å². The minimum absolute atomic E-state index is 0.198. The molecule has 94 valence electrons. The molecule has 0 saturated carbocycles. The number of ether oxygens (including phenoxy) is 1. The van der Waals surface area contributed by atoms with E-state index in [1.165, 1.54) is 12.1 Å². The Morgan fingerprint density at radius 1 is 1.41 bits per heavy atom. The van der Waals surface area contributed by atoms with Crippen LogP contribution < -0.4 is 10.5 Å². The number of fused-ring (bicyclic) bond motifs is 1. The first-order chi connectivity index (χ1) is 7.87. The SMILES string of the molecule is CC1SCc2ccc(OC(F)(F)F)cc2C1N. The van der Waals surface area contributed by atoms with Crippen molar-refractivity contribution in [1.82, 2.24) is 0 Å². The minimum atomic E-state index is -4.66. The van der Waals surface area contributed by atoms with Crippen LogP contribution >= 0.6 is 11.8 Å². The lowest BCUT2D eigenvalue weighted by Gasteiger charge is -2.28. The average molecular weight is 263 g/mol. The van der Waals surface area contributed by atoms with E-state index in [4.69, 9.17) is 5.73 Å². The lowest BCUT2D eigenvalue weighted by Crippen LogP contribution is -2.26. The summed E-state index contributed by atoms with van der Waals surface area (Å²) in [6, 6.07) is 4.12. The molecule has 0 saturated heterocycles. The minimum Gasteiger partial charge on any atom is -0.406 e. The smallest absolute Gasteiger partial charge is 0.406 e. The van der Waals surface area contributed by atoms with Gasteiger partial charge >= 0.3 is 6.36 Å². The summed E-state index contributed by atoms with van der Waals surface area (Å²) in [4.78, 5) is 0. The first kappa shape index (κ1) is 12.6. The zero-order valence-electron chi connectivity index (χ0n) is 9.12. The van der Waals surface area contributed by atoms with Crippen LogP contribution in [0.25, 0.3) is 0 Å². The maximum Gasteiger partial charge on any atom is 0.573 e. The van der Waals surface area contributed by atoms with Gasteiger partial charge in [0.1, 0.15) is 5.75 Å². The Kier molecular flexibility index (Phi) is 3.27. The van der Waals surface area contributed by atoms with Crippen molar-refractivity contribution in [1.29, 1.82) is 0 Å². The zero-order chi connectivity index (χ0) is 12.6. The molecular weight excluding hydrogens is 251 g/mol. The highest BCUT2D eigenvalue weighted by Crippen LogP contribution is 2.38. The topological polar surface area (TPSA) is 35.2 Å². The Balaban J connectivity index is 2.29. The second-order valence-electron chi connectivity index (χ2n) is 3.95. The highest BCUT2D eigenvalue weighted by atomic mass is 32.2. The molecule has 2 unspecified atom stereocenters. The van der Waals surface area contributed by atoms with Crippen LogP contribution in [0.4, 0.5) is 13.2 Å². The van der Waals surface area contributed by atoms with Crippen molar-refractivity contribution in [2.24, 2.45) is 5.73 Å². The third-order valence-corrected chi connectivity index (χ3v) is 4.01. The van der Waals surface area contributed by atoms with Crippen LogP contribution in [0.1, 0.15) is 24.1 Å². The maximum absolute atomic E-state index is 12.1. The van der Waals surface area contributed by atoms with Crippen molar-refractivity contribution in [2.45, 2.75) is 30.3 Å². The molecule has 2 N–H and O–H groups in total. The first-order valence-corrected chi connectivity index (χ1v) is 6.17. The molecule has 17 heavy (non-hydrogen) atoms. The molecule has 0 spiro atoms. The molecule has 0 bridgehead atoms. The lowest BCUT2D eigenvalue weighted by atomic mass is 9.99. The van der Waals surface area contributed by atoms with Gasteiger partial charge in [-0.25, -0.2) is 0 Å². The van der Waals surface area contributed by atoms with E-state index in [2.05, 4.69) is 4.74 Å². The fourth-order valence-corrected chi connectivity index (χ4v) is 2.85. The van der Waals surface area contributed by atoms with Crippen LogP contribution in [-0.4, -0.2) is 11.6 Å². The maximum atomic E-state index is 12.1. The number of benzene rings is 1. The molecule has 0 aromatic heterocycles. The molecule has 1 aromatic carbocycles. The van der Waals surface area contributed by atoms with E-state index in [0.29, 0.717) is 0 Å². The summed E-state index contributed by atoms with van der Waals surface area (Å²) in [7, 11) is 0. The second-order valence-corrected chi connectivity index (χ2v) is 5.32. The molecule has 1 aromatic rings. The normalized spacial score (nSPS) is 24.3. The van der Waals surface area contributed by atoms with Gasteiger partial charge in [-0.3, -0.25) is 0 Å². The predicted molar refractivity (Wildman–Crippen MR) is 60.8 cm³/mol. The number of rotatable bonds is 1. The zero-order valence-corrected chi connectivity index (χ0v) is 9.94. The summed E-state index contributed by atoms with van der Waals surface area (Å²) in [6.07, 6.45) is -4.66. The van der Waals surface area contributed by atoms with Crippen molar-refractivity contribution in [2.75, 3.05) is 0 Å². The molecule has 0 radical (unpaired) electrons. The van der Waals surface area contributed by atoms with Crippen molar-refractivity contribution >= 4 is 11.8 Å². The monoisotopic (exact) mass is 263 g/mol. The van der Waals surface area contributed by atoms with Gasteiger partial charge in [-0.2, -0.15) is 11.8 Å². The van der Waals surface area contributed by atoms with Gasteiger partial charge in [-0.05, 0) is 23.3 Å². The number of alkyl halides is 3. The van der Waals surface area contributed by atoms with E-state index in [9.17, 15) is 13.2 Å². The van der Waals surface area contributed by atoms with Crippen LogP contribution in [-0.2, 0) is 5.75 Å².